The molecule has 0 saturated carbocycles. The van der Waals surface area contributed by atoms with Crippen molar-refractivity contribution < 1.29 is 44.5 Å². The van der Waals surface area contributed by atoms with Gasteiger partial charge in [0.05, 0.1) is 18.2 Å². The molecule has 0 amide bonds. The van der Waals surface area contributed by atoms with Crippen LogP contribution in [-0.4, -0.2) is 61.8 Å². The van der Waals surface area contributed by atoms with Gasteiger partial charge in [-0.2, -0.15) is 0 Å². The summed E-state index contributed by atoms with van der Waals surface area (Å²) < 4.78 is 16.8. The molecule has 3 aromatic rings. The van der Waals surface area contributed by atoms with Gasteiger partial charge < -0.3 is 40.1 Å². The van der Waals surface area contributed by atoms with Crippen molar-refractivity contribution in [3.8, 4) is 34.3 Å². The molecule has 2 heterocycles. The molecule has 0 unspecified atom stereocenters. The van der Waals surface area contributed by atoms with Crippen LogP contribution in [0.1, 0.15) is 0 Å². The second-order valence-electron chi connectivity index (χ2n) is 6.73. The maximum Gasteiger partial charge on any atom is 0.402 e. The maximum absolute atomic E-state index is 10.2. The summed E-state index contributed by atoms with van der Waals surface area (Å²) in [7, 11) is 0. The second-order valence-corrected chi connectivity index (χ2v) is 6.73. The van der Waals surface area contributed by atoms with E-state index in [1.165, 1.54) is 24.3 Å². The van der Waals surface area contributed by atoms with Gasteiger partial charge in [0.15, 0.2) is 0 Å². The lowest BCUT2D eigenvalue weighted by Gasteiger charge is -2.34. The van der Waals surface area contributed by atoms with Crippen LogP contribution in [0.15, 0.2) is 46.9 Å². The Bertz CT molecular complexity index is 1030. The summed E-state index contributed by atoms with van der Waals surface area (Å²) in [5, 5.41) is 59.3. The third-order valence-corrected chi connectivity index (χ3v) is 4.64. The normalized spacial score (nSPS) is 24.5. The molecule has 0 aliphatic carbocycles. The molecule has 0 radical (unpaired) electrons. The zero-order valence-corrected chi connectivity index (χ0v) is 15.0. The summed E-state index contributed by atoms with van der Waals surface area (Å²) in [4.78, 5) is 0. The number of benzene rings is 2. The van der Waals surface area contributed by atoms with Crippen molar-refractivity contribution in [2.24, 2.45) is 0 Å². The lowest BCUT2D eigenvalue weighted by atomic mass is 10.1. The molecular weight excluding hydrogens is 384 g/mol. The van der Waals surface area contributed by atoms with Gasteiger partial charge in [0, 0.05) is 12.1 Å². The maximum atomic E-state index is 10.2. The van der Waals surface area contributed by atoms with Crippen LogP contribution in [0, 0.1) is 0 Å². The lowest BCUT2D eigenvalue weighted by Crippen LogP contribution is -2.54. The predicted molar refractivity (Wildman–Crippen MR) is 99.4 cm³/mol. The highest BCUT2D eigenvalue weighted by molar-refractivity contribution is 5.88. The summed E-state index contributed by atoms with van der Waals surface area (Å²) in [5.41, 5.74) is 0.659. The van der Waals surface area contributed by atoms with Crippen molar-refractivity contribution in [2.45, 2.75) is 24.6 Å². The molecule has 29 heavy (non-hydrogen) atoms. The summed E-state index contributed by atoms with van der Waals surface area (Å²) in [5.74, 6) is -0.190. The highest BCUT2D eigenvalue weighted by Crippen LogP contribution is 2.40. The van der Waals surface area contributed by atoms with Crippen molar-refractivity contribution in [1.82, 2.24) is 0 Å². The number of aromatic hydroxyl groups is 3. The van der Waals surface area contributed by atoms with Gasteiger partial charge in [0.25, 0.3) is 0 Å². The molecule has 9 nitrogen and oxygen atoms in total. The van der Waals surface area contributed by atoms with Crippen LogP contribution < -0.4 is 4.74 Å². The van der Waals surface area contributed by atoms with Crippen molar-refractivity contribution in [3.63, 3.8) is 0 Å². The zero-order valence-electron chi connectivity index (χ0n) is 15.0. The number of aliphatic hydroxyl groups excluding tert-OH is 3. The molecule has 0 bridgehead atoms. The Hall–Kier alpha value is -3.11. The van der Waals surface area contributed by atoms with Crippen LogP contribution in [0.5, 0.6) is 23.0 Å². The number of aliphatic hydroxyl groups is 3. The molecule has 1 aliphatic heterocycles. The van der Waals surface area contributed by atoms with Gasteiger partial charge in [-0.3, -0.25) is 0 Å². The summed E-state index contributed by atoms with van der Waals surface area (Å²) in [6.07, 6.45) is -5.56. The smallest absolute Gasteiger partial charge is 0.402 e. The Kier molecular flexibility index (Phi) is 4.89. The van der Waals surface area contributed by atoms with E-state index < -0.39 is 24.6 Å². The van der Waals surface area contributed by atoms with E-state index in [1.807, 2.05) is 0 Å². The van der Waals surface area contributed by atoms with Gasteiger partial charge in [-0.15, -0.1) is 0 Å². The molecule has 152 valence electrons. The molecule has 2 aromatic carbocycles. The Morgan fingerprint density at radius 3 is 2.34 bits per heavy atom. The van der Waals surface area contributed by atoms with Crippen LogP contribution in [0.4, 0.5) is 0 Å². The largest absolute Gasteiger partial charge is 0.508 e. The molecule has 4 rings (SSSR count). The van der Waals surface area contributed by atoms with Crippen LogP contribution in [0.3, 0.4) is 0 Å². The first-order valence-corrected chi connectivity index (χ1v) is 8.78. The minimum Gasteiger partial charge on any atom is -0.508 e. The first-order valence-electron chi connectivity index (χ1n) is 8.78. The summed E-state index contributed by atoms with van der Waals surface area (Å²) >= 11 is 0. The van der Waals surface area contributed by atoms with Crippen molar-refractivity contribution >= 4 is 11.0 Å². The molecule has 1 aliphatic rings. The van der Waals surface area contributed by atoms with Gasteiger partial charge in [-0.1, -0.05) is 0 Å². The summed E-state index contributed by atoms with van der Waals surface area (Å²) in [6.45, 7) is -0.249. The van der Waals surface area contributed by atoms with E-state index in [2.05, 4.69) is 0 Å². The van der Waals surface area contributed by atoms with Crippen molar-refractivity contribution in [2.75, 3.05) is 6.61 Å². The van der Waals surface area contributed by atoms with Crippen LogP contribution in [0.25, 0.3) is 22.3 Å². The third-order valence-electron chi connectivity index (χ3n) is 4.64. The van der Waals surface area contributed by atoms with Crippen LogP contribution in [-0.2, 0) is 4.74 Å². The fourth-order valence-corrected chi connectivity index (χ4v) is 3.09. The SMILES string of the molecule is Oc1ccc(-c2[o+]c3cc(O)cc(O)c3cc2O[C@@H]2OC[C@@H](O)[C@H](O)[C@H]2O)cc1. The Morgan fingerprint density at radius 2 is 1.62 bits per heavy atom. The number of hydrogen-bond acceptors (Lipinski definition) is 8. The van der Waals surface area contributed by atoms with E-state index in [0.717, 1.165) is 6.07 Å². The minimum absolute atomic E-state index is 0.0374. The number of phenolic OH excluding ortho intramolecular Hbond substituents is 3. The number of fused-ring (bicyclic) bond motifs is 1. The summed E-state index contributed by atoms with van der Waals surface area (Å²) in [6, 6.07) is 9.88. The topological polar surface area (TPSA) is 151 Å². The minimum atomic E-state index is -1.53. The Morgan fingerprint density at radius 1 is 0.897 bits per heavy atom. The molecule has 0 spiro atoms. The first kappa shape index (κ1) is 19.2. The average molecular weight is 403 g/mol. The van der Waals surface area contributed by atoms with E-state index in [-0.39, 0.29) is 46.3 Å². The highest BCUT2D eigenvalue weighted by Gasteiger charge is 2.40. The fourth-order valence-electron chi connectivity index (χ4n) is 3.09. The van der Waals surface area contributed by atoms with Crippen LogP contribution >= 0.6 is 0 Å². The highest BCUT2D eigenvalue weighted by atomic mass is 16.7. The van der Waals surface area contributed by atoms with Crippen molar-refractivity contribution in [3.05, 3.63) is 42.5 Å². The van der Waals surface area contributed by atoms with E-state index in [0.29, 0.717) is 5.56 Å². The number of phenols is 3. The molecule has 6 N–H and O–H groups in total. The number of ether oxygens (including phenoxy) is 2. The molecule has 1 fully saturated rings. The van der Waals surface area contributed by atoms with Gasteiger partial charge in [0.1, 0.15) is 40.9 Å². The molecular formula is C20H19O9+. The average Bonchev–Trinajstić information content (AvgIpc) is 2.69. The molecule has 1 aromatic heterocycles. The molecule has 9 heteroatoms. The molecule has 1 saturated heterocycles. The molecule has 4 atom stereocenters. The van der Waals surface area contributed by atoms with Gasteiger partial charge in [-0.25, -0.2) is 4.42 Å². The Balaban J connectivity index is 1.82. The van der Waals surface area contributed by atoms with E-state index in [1.54, 1.807) is 12.1 Å². The van der Waals surface area contributed by atoms with Gasteiger partial charge in [-0.05, 0) is 24.3 Å². The third kappa shape index (κ3) is 3.64. The predicted octanol–water partition coefficient (Wildman–Crippen LogP) is 1.32. The van der Waals surface area contributed by atoms with E-state index in [4.69, 9.17) is 13.9 Å². The number of rotatable bonds is 3. The Labute approximate surface area is 164 Å². The quantitative estimate of drug-likeness (QED) is 0.356. The van der Waals surface area contributed by atoms with E-state index in [9.17, 15) is 30.6 Å². The van der Waals surface area contributed by atoms with Gasteiger partial charge in [0.2, 0.25) is 12.0 Å². The first-order chi connectivity index (χ1) is 13.8. The van der Waals surface area contributed by atoms with Crippen molar-refractivity contribution in [1.29, 1.82) is 0 Å². The number of hydrogen-bond donors (Lipinski definition) is 6. The lowest BCUT2D eigenvalue weighted by molar-refractivity contribution is -0.242. The monoisotopic (exact) mass is 403 g/mol. The second kappa shape index (κ2) is 7.37. The standard InChI is InChI=1S/C20H18O9/c21-10-3-1-9(2-4-10)19-16(29-20-18(26)17(25)14(24)8-27-20)7-12-13(23)5-11(22)6-15(12)28-19/h1-7,14,17-18,20,24-26H,8H2,(H2-,21,22,23)/p+1/t14-,17+,18-,20+/m1/s1. The van der Waals surface area contributed by atoms with Crippen LogP contribution in [0.2, 0.25) is 0 Å². The fraction of sp³-hybridized carbons (Fsp3) is 0.250. The van der Waals surface area contributed by atoms with E-state index >= 15 is 0 Å². The zero-order chi connectivity index (χ0) is 20.7. The van der Waals surface area contributed by atoms with Gasteiger partial charge >= 0.3 is 11.3 Å².